The van der Waals surface area contributed by atoms with Crippen molar-refractivity contribution in [1.29, 1.82) is 0 Å². The van der Waals surface area contributed by atoms with E-state index in [1.54, 1.807) is 0 Å². The fraction of sp³-hybridized carbons (Fsp3) is 1.00. The lowest BCUT2D eigenvalue weighted by Crippen LogP contribution is -2.49. The van der Waals surface area contributed by atoms with E-state index in [2.05, 4.69) is 10.2 Å². The highest BCUT2D eigenvalue weighted by Gasteiger charge is 2.35. The number of nitrogens with one attached hydrogen (secondary N) is 1. The largest absolute Gasteiger partial charge is 0.310 e. The molecule has 2 rings (SSSR count). The molecular weight excluding hydrogens is 191 g/mol. The average molecular weight is 214 g/mol. The molecule has 15 heavy (non-hydrogen) atoms. The summed E-state index contributed by atoms with van der Waals surface area (Å²) in [5, 5.41) is 3.73. The van der Waals surface area contributed by atoms with Gasteiger partial charge in [0, 0.05) is 18.6 Å². The zero-order valence-electron chi connectivity index (χ0n) is 9.60. The molecular formula is C12H23FN2. The predicted molar refractivity (Wildman–Crippen MR) is 60.9 cm³/mol. The molecule has 0 aromatic carbocycles. The first-order valence-corrected chi connectivity index (χ1v) is 6.38. The minimum atomic E-state index is -0.170. The summed E-state index contributed by atoms with van der Waals surface area (Å²) in [6.07, 6.45) is 7.29. The zero-order valence-corrected chi connectivity index (χ0v) is 9.60. The molecule has 1 N–H and O–H groups in total. The van der Waals surface area contributed by atoms with Crippen LogP contribution in [0.2, 0.25) is 0 Å². The first kappa shape index (κ1) is 11.3. The lowest BCUT2D eigenvalue weighted by molar-refractivity contribution is 0.203. The number of hydrogen-bond donors (Lipinski definition) is 1. The third-order valence-electron chi connectivity index (χ3n) is 3.85. The minimum Gasteiger partial charge on any atom is -0.310 e. The summed E-state index contributed by atoms with van der Waals surface area (Å²) in [7, 11) is 0. The number of nitrogens with zero attached hydrogens (tertiary/aromatic N) is 1. The maximum atomic E-state index is 12.2. The highest BCUT2D eigenvalue weighted by atomic mass is 19.1. The standard InChI is InChI=1S/C12H23FN2/c13-7-3-9-15-10-4-8-14-12(11-15)5-1-2-6-12/h14H,1-11H2. The van der Waals surface area contributed by atoms with Crippen molar-refractivity contribution in [2.24, 2.45) is 0 Å². The second-order valence-corrected chi connectivity index (χ2v) is 5.09. The van der Waals surface area contributed by atoms with Gasteiger partial charge in [-0.05, 0) is 38.8 Å². The number of hydrogen-bond acceptors (Lipinski definition) is 2. The van der Waals surface area contributed by atoms with Gasteiger partial charge in [-0.15, -0.1) is 0 Å². The van der Waals surface area contributed by atoms with Gasteiger partial charge in [0.15, 0.2) is 0 Å². The molecule has 0 radical (unpaired) electrons. The van der Waals surface area contributed by atoms with Gasteiger partial charge >= 0.3 is 0 Å². The van der Waals surface area contributed by atoms with E-state index in [1.807, 2.05) is 0 Å². The lowest BCUT2D eigenvalue weighted by Gasteiger charge is -2.33. The van der Waals surface area contributed by atoms with E-state index >= 15 is 0 Å². The summed E-state index contributed by atoms with van der Waals surface area (Å²) < 4.78 is 12.2. The fourth-order valence-corrected chi connectivity index (χ4v) is 3.08. The minimum absolute atomic E-state index is 0.170. The molecule has 0 aromatic rings. The van der Waals surface area contributed by atoms with Crippen molar-refractivity contribution in [1.82, 2.24) is 10.2 Å². The SMILES string of the molecule is FCCCN1CCCNC2(CCCC2)C1. The van der Waals surface area contributed by atoms with Gasteiger partial charge in [0.1, 0.15) is 0 Å². The van der Waals surface area contributed by atoms with Crippen molar-refractivity contribution in [3.8, 4) is 0 Å². The Labute approximate surface area is 92.2 Å². The molecule has 0 unspecified atom stereocenters. The monoisotopic (exact) mass is 214 g/mol. The van der Waals surface area contributed by atoms with Crippen LogP contribution >= 0.6 is 0 Å². The fourth-order valence-electron chi connectivity index (χ4n) is 3.08. The van der Waals surface area contributed by atoms with Crippen molar-refractivity contribution in [2.75, 3.05) is 32.9 Å². The van der Waals surface area contributed by atoms with Gasteiger partial charge in [0.25, 0.3) is 0 Å². The Kier molecular flexibility index (Phi) is 3.98. The third kappa shape index (κ3) is 2.91. The molecule has 0 bridgehead atoms. The smallest absolute Gasteiger partial charge is 0.0906 e. The summed E-state index contributed by atoms with van der Waals surface area (Å²) in [6.45, 7) is 4.21. The van der Waals surface area contributed by atoms with Crippen molar-refractivity contribution in [2.45, 2.75) is 44.1 Å². The molecule has 0 aromatic heterocycles. The van der Waals surface area contributed by atoms with Gasteiger partial charge < -0.3 is 10.2 Å². The Morgan fingerprint density at radius 3 is 2.73 bits per heavy atom. The molecule has 1 aliphatic carbocycles. The maximum Gasteiger partial charge on any atom is 0.0906 e. The normalized spacial score (nSPS) is 27.0. The van der Waals surface area contributed by atoms with Gasteiger partial charge in [-0.1, -0.05) is 12.8 Å². The van der Waals surface area contributed by atoms with E-state index in [4.69, 9.17) is 0 Å². The summed E-state index contributed by atoms with van der Waals surface area (Å²) in [5.41, 5.74) is 0.382. The molecule has 2 aliphatic rings. The van der Waals surface area contributed by atoms with Crippen LogP contribution in [0.3, 0.4) is 0 Å². The van der Waals surface area contributed by atoms with Gasteiger partial charge in [-0.3, -0.25) is 4.39 Å². The molecule has 0 atom stereocenters. The number of halogens is 1. The Hall–Kier alpha value is -0.150. The van der Waals surface area contributed by atoms with Crippen LogP contribution in [-0.4, -0.2) is 43.3 Å². The Balaban J connectivity index is 1.89. The molecule has 1 saturated carbocycles. The van der Waals surface area contributed by atoms with Gasteiger partial charge in [-0.2, -0.15) is 0 Å². The van der Waals surface area contributed by atoms with Crippen molar-refractivity contribution in [3.05, 3.63) is 0 Å². The predicted octanol–water partition coefficient (Wildman–Crippen LogP) is 1.95. The molecule has 0 amide bonds. The van der Waals surface area contributed by atoms with Gasteiger partial charge in [0.05, 0.1) is 6.67 Å². The summed E-state index contributed by atoms with van der Waals surface area (Å²) in [4.78, 5) is 2.46. The first-order chi connectivity index (χ1) is 7.35. The highest BCUT2D eigenvalue weighted by molar-refractivity contribution is 4.96. The summed E-state index contributed by atoms with van der Waals surface area (Å²) >= 11 is 0. The van der Waals surface area contributed by atoms with Crippen molar-refractivity contribution < 1.29 is 4.39 Å². The van der Waals surface area contributed by atoms with Gasteiger partial charge in [-0.25, -0.2) is 0 Å². The van der Waals surface area contributed by atoms with Crippen LogP contribution in [-0.2, 0) is 0 Å². The zero-order chi connectivity index (χ0) is 10.6. The lowest BCUT2D eigenvalue weighted by atomic mass is 9.97. The molecule has 88 valence electrons. The van der Waals surface area contributed by atoms with E-state index in [0.717, 1.165) is 26.2 Å². The topological polar surface area (TPSA) is 15.3 Å². The highest BCUT2D eigenvalue weighted by Crippen LogP contribution is 2.31. The Morgan fingerprint density at radius 2 is 2.00 bits per heavy atom. The summed E-state index contributed by atoms with van der Waals surface area (Å²) in [6, 6.07) is 0. The van der Waals surface area contributed by atoms with E-state index in [-0.39, 0.29) is 6.67 Å². The van der Waals surface area contributed by atoms with Crippen LogP contribution in [0.4, 0.5) is 4.39 Å². The molecule has 1 heterocycles. The number of alkyl halides is 1. The van der Waals surface area contributed by atoms with Crippen LogP contribution in [0.15, 0.2) is 0 Å². The number of rotatable bonds is 3. The first-order valence-electron chi connectivity index (χ1n) is 6.38. The van der Waals surface area contributed by atoms with Crippen molar-refractivity contribution >= 4 is 0 Å². The summed E-state index contributed by atoms with van der Waals surface area (Å²) in [5.74, 6) is 0. The van der Waals surface area contributed by atoms with Crippen molar-refractivity contribution in [3.63, 3.8) is 0 Å². The van der Waals surface area contributed by atoms with E-state index < -0.39 is 0 Å². The van der Waals surface area contributed by atoms with E-state index in [0.29, 0.717) is 12.0 Å². The second-order valence-electron chi connectivity index (χ2n) is 5.09. The van der Waals surface area contributed by atoms with E-state index in [1.165, 1.54) is 32.1 Å². The molecule has 1 saturated heterocycles. The average Bonchev–Trinajstić information content (AvgIpc) is 2.58. The Bertz CT molecular complexity index is 190. The van der Waals surface area contributed by atoms with E-state index in [9.17, 15) is 4.39 Å². The molecule has 2 nitrogen and oxygen atoms in total. The molecule has 1 aliphatic heterocycles. The molecule has 1 spiro atoms. The van der Waals surface area contributed by atoms with Crippen LogP contribution in [0.1, 0.15) is 38.5 Å². The van der Waals surface area contributed by atoms with Crippen LogP contribution in [0.25, 0.3) is 0 Å². The molecule has 3 heteroatoms. The van der Waals surface area contributed by atoms with Crippen LogP contribution < -0.4 is 5.32 Å². The molecule has 2 fully saturated rings. The quantitative estimate of drug-likeness (QED) is 0.772. The maximum absolute atomic E-state index is 12.2. The van der Waals surface area contributed by atoms with Gasteiger partial charge in [0.2, 0.25) is 0 Å². The van der Waals surface area contributed by atoms with Crippen LogP contribution in [0, 0.1) is 0 Å². The third-order valence-corrected chi connectivity index (χ3v) is 3.85. The Morgan fingerprint density at radius 1 is 1.20 bits per heavy atom. The second kappa shape index (κ2) is 5.26. The van der Waals surface area contributed by atoms with Crippen LogP contribution in [0.5, 0.6) is 0 Å².